The number of para-hydroxylation sites is 2. The first kappa shape index (κ1) is 20.0. The fourth-order valence-electron chi connectivity index (χ4n) is 2.95. The molecule has 1 aromatic heterocycles. The summed E-state index contributed by atoms with van der Waals surface area (Å²) < 4.78 is 10.9. The molecule has 1 saturated heterocycles. The Morgan fingerprint density at radius 1 is 1.25 bits per heavy atom. The molecule has 2 heterocycles. The fourth-order valence-corrected chi connectivity index (χ4v) is 2.95. The molecule has 8 heteroatoms. The largest absolute Gasteiger partial charge is 0.492 e. The number of ether oxygens (including phenoxy) is 2. The van der Waals surface area contributed by atoms with Crippen LogP contribution in [0.4, 0.5) is 11.6 Å². The first-order valence-electron chi connectivity index (χ1n) is 9.58. The predicted octanol–water partition coefficient (Wildman–Crippen LogP) is 2.18. The average molecular weight is 385 g/mol. The maximum absolute atomic E-state index is 12.7. The van der Waals surface area contributed by atoms with E-state index < -0.39 is 0 Å². The predicted molar refractivity (Wildman–Crippen MR) is 108 cm³/mol. The number of hydrogen-bond acceptors (Lipinski definition) is 7. The van der Waals surface area contributed by atoms with Gasteiger partial charge in [-0.2, -0.15) is 0 Å². The number of anilines is 2. The van der Waals surface area contributed by atoms with Crippen molar-refractivity contribution < 1.29 is 14.3 Å². The molecule has 8 nitrogen and oxygen atoms in total. The Kier molecular flexibility index (Phi) is 7.16. The average Bonchev–Trinajstić information content (AvgIpc) is 2.70. The Morgan fingerprint density at radius 2 is 2.04 bits per heavy atom. The summed E-state index contributed by atoms with van der Waals surface area (Å²) in [5.74, 6) is 0.790. The molecule has 1 fully saturated rings. The second kappa shape index (κ2) is 10.0. The fraction of sp³-hybridized carbons (Fsp3) is 0.450. The summed E-state index contributed by atoms with van der Waals surface area (Å²) in [4.78, 5) is 23.8. The van der Waals surface area contributed by atoms with Crippen LogP contribution in [0.2, 0.25) is 0 Å². The smallest absolute Gasteiger partial charge is 0.274 e. The Balaban J connectivity index is 1.62. The lowest BCUT2D eigenvalue weighted by molar-refractivity contribution is 0.0398. The van der Waals surface area contributed by atoms with Crippen molar-refractivity contribution in [3.63, 3.8) is 0 Å². The highest BCUT2D eigenvalue weighted by Gasteiger charge is 2.14. The highest BCUT2D eigenvalue weighted by molar-refractivity contribution is 6.03. The van der Waals surface area contributed by atoms with Gasteiger partial charge in [-0.3, -0.25) is 9.69 Å². The van der Waals surface area contributed by atoms with Crippen LogP contribution in [-0.4, -0.2) is 66.8 Å². The van der Waals surface area contributed by atoms with Crippen LogP contribution in [0, 0.1) is 6.92 Å². The van der Waals surface area contributed by atoms with Gasteiger partial charge in [-0.25, -0.2) is 9.97 Å². The molecule has 0 atom stereocenters. The van der Waals surface area contributed by atoms with E-state index in [4.69, 9.17) is 9.47 Å². The van der Waals surface area contributed by atoms with Crippen molar-refractivity contribution in [2.24, 2.45) is 0 Å². The lowest BCUT2D eigenvalue weighted by atomic mass is 10.2. The molecule has 1 aliphatic rings. The van der Waals surface area contributed by atoms with Crippen LogP contribution in [-0.2, 0) is 4.74 Å². The molecule has 0 spiro atoms. The number of hydrogen-bond donors (Lipinski definition) is 2. The molecule has 0 saturated carbocycles. The third kappa shape index (κ3) is 5.64. The zero-order chi connectivity index (χ0) is 19.8. The number of aromatic nitrogens is 2. The first-order chi connectivity index (χ1) is 13.7. The Bertz CT molecular complexity index is 793. The maximum atomic E-state index is 12.7. The van der Waals surface area contributed by atoms with E-state index in [1.165, 1.54) is 0 Å². The van der Waals surface area contributed by atoms with Gasteiger partial charge in [0, 0.05) is 31.9 Å². The van der Waals surface area contributed by atoms with Crippen molar-refractivity contribution in [3.8, 4) is 5.75 Å². The van der Waals surface area contributed by atoms with E-state index in [1.807, 2.05) is 32.0 Å². The molecular formula is C20H27N5O3. The van der Waals surface area contributed by atoms with Crippen molar-refractivity contribution in [2.75, 3.05) is 56.6 Å². The number of aryl methyl sites for hydroxylation is 1. The van der Waals surface area contributed by atoms with Crippen molar-refractivity contribution in [1.29, 1.82) is 0 Å². The van der Waals surface area contributed by atoms with E-state index in [1.54, 1.807) is 12.1 Å². The highest BCUT2D eigenvalue weighted by atomic mass is 16.5. The summed E-state index contributed by atoms with van der Waals surface area (Å²) in [5, 5.41) is 6.08. The van der Waals surface area contributed by atoms with E-state index in [2.05, 4.69) is 25.5 Å². The Morgan fingerprint density at radius 3 is 2.82 bits per heavy atom. The molecule has 0 radical (unpaired) electrons. The van der Waals surface area contributed by atoms with Crippen molar-refractivity contribution in [1.82, 2.24) is 14.9 Å². The molecule has 1 aliphatic heterocycles. The number of carbonyl (C=O) groups is 1. The molecule has 1 amide bonds. The number of rotatable bonds is 8. The van der Waals surface area contributed by atoms with Crippen LogP contribution in [0.25, 0.3) is 0 Å². The minimum absolute atomic E-state index is 0.297. The van der Waals surface area contributed by atoms with Gasteiger partial charge in [0.1, 0.15) is 11.4 Å². The second-order valence-corrected chi connectivity index (χ2v) is 6.48. The van der Waals surface area contributed by atoms with Crippen LogP contribution in [0.15, 0.2) is 30.3 Å². The van der Waals surface area contributed by atoms with E-state index in [-0.39, 0.29) is 5.91 Å². The van der Waals surface area contributed by atoms with Gasteiger partial charge in [0.25, 0.3) is 5.91 Å². The van der Waals surface area contributed by atoms with E-state index in [0.29, 0.717) is 36.2 Å². The lowest BCUT2D eigenvalue weighted by Crippen LogP contribution is -2.39. The number of nitrogens with zero attached hydrogens (tertiary/aromatic N) is 3. The van der Waals surface area contributed by atoms with E-state index >= 15 is 0 Å². The number of amides is 1. The summed E-state index contributed by atoms with van der Waals surface area (Å²) >= 11 is 0. The molecule has 2 aromatic rings. The van der Waals surface area contributed by atoms with Gasteiger partial charge in [0.15, 0.2) is 0 Å². The molecular weight excluding hydrogens is 358 g/mol. The summed E-state index contributed by atoms with van der Waals surface area (Å²) in [6.45, 7) is 9.27. The molecule has 0 unspecified atom stereocenters. The lowest BCUT2D eigenvalue weighted by Gasteiger charge is -2.26. The van der Waals surface area contributed by atoms with Crippen LogP contribution < -0.4 is 15.4 Å². The van der Waals surface area contributed by atoms with Crippen LogP contribution in [0.1, 0.15) is 23.1 Å². The van der Waals surface area contributed by atoms with Gasteiger partial charge in [0.05, 0.1) is 25.5 Å². The normalized spacial score (nSPS) is 14.5. The SMILES string of the molecule is CCOc1ccccc1NC(=O)c1cc(C)nc(NCCN2CCOCC2)n1. The van der Waals surface area contributed by atoms with Crippen LogP contribution in [0.5, 0.6) is 5.75 Å². The zero-order valence-electron chi connectivity index (χ0n) is 16.4. The number of nitrogens with one attached hydrogen (secondary N) is 2. The summed E-state index contributed by atoms with van der Waals surface area (Å²) in [5.41, 5.74) is 1.66. The summed E-state index contributed by atoms with van der Waals surface area (Å²) in [6, 6.07) is 9.02. The van der Waals surface area contributed by atoms with Gasteiger partial charge < -0.3 is 20.1 Å². The molecule has 1 aromatic carbocycles. The third-order valence-corrected chi connectivity index (χ3v) is 4.34. The number of carbonyl (C=O) groups excluding carboxylic acids is 1. The quantitative estimate of drug-likeness (QED) is 0.720. The van der Waals surface area contributed by atoms with E-state index in [9.17, 15) is 4.79 Å². The molecule has 150 valence electrons. The van der Waals surface area contributed by atoms with Gasteiger partial charge in [-0.05, 0) is 32.0 Å². The molecule has 0 aliphatic carbocycles. The third-order valence-electron chi connectivity index (χ3n) is 4.34. The minimum Gasteiger partial charge on any atom is -0.492 e. The van der Waals surface area contributed by atoms with Gasteiger partial charge >= 0.3 is 0 Å². The van der Waals surface area contributed by atoms with Crippen molar-refractivity contribution in [2.45, 2.75) is 13.8 Å². The second-order valence-electron chi connectivity index (χ2n) is 6.48. The van der Waals surface area contributed by atoms with Gasteiger partial charge in [-0.15, -0.1) is 0 Å². The molecule has 3 rings (SSSR count). The number of morpholine rings is 1. The van der Waals surface area contributed by atoms with Crippen LogP contribution in [0.3, 0.4) is 0 Å². The van der Waals surface area contributed by atoms with Gasteiger partial charge in [0.2, 0.25) is 5.95 Å². The minimum atomic E-state index is -0.297. The molecule has 0 bridgehead atoms. The molecule has 28 heavy (non-hydrogen) atoms. The molecule has 2 N–H and O–H groups in total. The standard InChI is InChI=1S/C20H27N5O3/c1-3-28-18-7-5-4-6-16(18)23-19(26)17-14-15(2)22-20(24-17)21-8-9-25-10-12-27-13-11-25/h4-7,14H,3,8-13H2,1-2H3,(H,23,26)(H,21,22,24). The topological polar surface area (TPSA) is 88.6 Å². The van der Waals surface area contributed by atoms with E-state index in [0.717, 1.165) is 38.5 Å². The summed E-state index contributed by atoms with van der Waals surface area (Å²) in [6.07, 6.45) is 0. The van der Waals surface area contributed by atoms with Crippen molar-refractivity contribution >= 4 is 17.5 Å². The summed E-state index contributed by atoms with van der Waals surface area (Å²) in [7, 11) is 0. The van der Waals surface area contributed by atoms with Crippen molar-refractivity contribution in [3.05, 3.63) is 41.7 Å². The maximum Gasteiger partial charge on any atom is 0.274 e. The Hall–Kier alpha value is -2.71. The van der Waals surface area contributed by atoms with Crippen LogP contribution >= 0.6 is 0 Å². The number of benzene rings is 1. The highest BCUT2D eigenvalue weighted by Crippen LogP contribution is 2.24. The van der Waals surface area contributed by atoms with Gasteiger partial charge in [-0.1, -0.05) is 12.1 Å². The monoisotopic (exact) mass is 385 g/mol. The Labute approximate surface area is 165 Å². The first-order valence-corrected chi connectivity index (χ1v) is 9.58. The zero-order valence-corrected chi connectivity index (χ0v) is 16.4.